The number of hydrogen-bond donors (Lipinski definition) is 2. The van der Waals surface area contributed by atoms with Gasteiger partial charge in [0.2, 0.25) is 0 Å². The average molecular weight is 275 g/mol. The van der Waals surface area contributed by atoms with Crippen molar-refractivity contribution in [1.29, 1.82) is 0 Å². The lowest BCUT2D eigenvalue weighted by molar-refractivity contribution is 0.511. The monoisotopic (exact) mass is 275 g/mol. The molecule has 6 heteroatoms. The molecule has 0 saturated carbocycles. The van der Waals surface area contributed by atoms with Gasteiger partial charge in [-0.15, -0.1) is 0 Å². The first-order valence-electron chi connectivity index (χ1n) is 6.90. The molecule has 2 aromatic rings. The minimum atomic E-state index is 0.543. The van der Waals surface area contributed by atoms with Crippen LogP contribution in [0.1, 0.15) is 19.1 Å². The first-order chi connectivity index (χ1) is 9.88. The summed E-state index contributed by atoms with van der Waals surface area (Å²) in [6, 6.07) is 5.72. The Morgan fingerprint density at radius 2 is 2.35 bits per heavy atom. The molecular weight excluding hydrogens is 254 g/mol. The van der Waals surface area contributed by atoms with Crippen LogP contribution in [0.5, 0.6) is 0 Å². The molecule has 0 aromatic carbocycles. The maximum atomic E-state index is 5.26. The fourth-order valence-corrected chi connectivity index (χ4v) is 1.78. The van der Waals surface area contributed by atoms with Gasteiger partial charge >= 0.3 is 0 Å². The summed E-state index contributed by atoms with van der Waals surface area (Å²) >= 11 is 0. The summed E-state index contributed by atoms with van der Waals surface area (Å²) in [5.74, 6) is 1.67. The topological polar surface area (TPSA) is 67.4 Å². The molecule has 6 nitrogen and oxygen atoms in total. The lowest BCUT2D eigenvalue weighted by Gasteiger charge is -2.10. The summed E-state index contributed by atoms with van der Waals surface area (Å²) < 4.78 is 7.19. The molecule has 0 bridgehead atoms. The van der Waals surface area contributed by atoms with E-state index in [4.69, 9.17) is 4.42 Å². The zero-order chi connectivity index (χ0) is 14.0. The Morgan fingerprint density at radius 1 is 1.40 bits per heavy atom. The summed E-state index contributed by atoms with van der Waals surface area (Å²) in [5, 5.41) is 10.7. The van der Waals surface area contributed by atoms with Crippen molar-refractivity contribution in [2.24, 2.45) is 4.99 Å². The Bertz CT molecular complexity index is 490. The molecule has 2 N–H and O–H groups in total. The SMILES string of the molecule is CCNC(=NCc1ccco1)NCCCn1cccn1. The van der Waals surface area contributed by atoms with Gasteiger partial charge in [0.05, 0.1) is 6.26 Å². The van der Waals surface area contributed by atoms with Crippen LogP contribution in [-0.2, 0) is 13.1 Å². The number of aryl methyl sites for hydroxylation is 1. The molecule has 0 atom stereocenters. The normalized spacial score (nSPS) is 11.6. The standard InChI is InChI=1S/C14H21N5O/c1-2-15-14(17-12-13-6-3-11-20-13)16-7-4-9-19-10-5-8-18-19/h3,5-6,8,10-11H,2,4,7,9,12H2,1H3,(H2,15,16,17). The van der Waals surface area contributed by atoms with Crippen LogP contribution in [0, 0.1) is 0 Å². The predicted octanol–water partition coefficient (Wildman–Crippen LogP) is 1.62. The number of nitrogens with one attached hydrogen (secondary N) is 2. The van der Waals surface area contributed by atoms with Gasteiger partial charge in [-0.25, -0.2) is 4.99 Å². The van der Waals surface area contributed by atoms with Gasteiger partial charge in [-0.1, -0.05) is 0 Å². The lowest BCUT2D eigenvalue weighted by atomic mass is 10.4. The summed E-state index contributed by atoms with van der Waals surface area (Å²) in [5.41, 5.74) is 0. The minimum absolute atomic E-state index is 0.543. The van der Waals surface area contributed by atoms with Crippen LogP contribution in [0.3, 0.4) is 0 Å². The van der Waals surface area contributed by atoms with Gasteiger partial charge in [0.15, 0.2) is 5.96 Å². The van der Waals surface area contributed by atoms with E-state index < -0.39 is 0 Å². The van der Waals surface area contributed by atoms with Crippen molar-refractivity contribution in [3.8, 4) is 0 Å². The Labute approximate surface area is 118 Å². The Balaban J connectivity index is 1.72. The molecule has 2 rings (SSSR count). The summed E-state index contributed by atoms with van der Waals surface area (Å²) in [4.78, 5) is 4.47. The molecule has 108 valence electrons. The molecule has 0 saturated heterocycles. The molecule has 0 spiro atoms. The van der Waals surface area contributed by atoms with Gasteiger partial charge in [-0.3, -0.25) is 4.68 Å². The quantitative estimate of drug-likeness (QED) is 0.458. The van der Waals surface area contributed by atoms with E-state index in [9.17, 15) is 0 Å². The highest BCUT2D eigenvalue weighted by Gasteiger charge is 1.99. The van der Waals surface area contributed by atoms with Crippen LogP contribution in [0.2, 0.25) is 0 Å². The van der Waals surface area contributed by atoms with Gasteiger partial charge < -0.3 is 15.1 Å². The van der Waals surface area contributed by atoms with E-state index in [2.05, 4.69) is 20.7 Å². The molecule has 0 aliphatic carbocycles. The zero-order valence-corrected chi connectivity index (χ0v) is 11.7. The maximum absolute atomic E-state index is 5.26. The molecule has 0 fully saturated rings. The second-order valence-electron chi connectivity index (χ2n) is 4.32. The first kappa shape index (κ1) is 14.2. The van der Waals surface area contributed by atoms with Crippen molar-refractivity contribution < 1.29 is 4.42 Å². The molecule has 0 aliphatic rings. The van der Waals surface area contributed by atoms with Crippen LogP contribution in [-0.4, -0.2) is 28.8 Å². The van der Waals surface area contributed by atoms with Crippen molar-refractivity contribution >= 4 is 5.96 Å². The van der Waals surface area contributed by atoms with E-state index in [0.29, 0.717) is 6.54 Å². The number of rotatable bonds is 7. The first-order valence-corrected chi connectivity index (χ1v) is 6.90. The van der Waals surface area contributed by atoms with E-state index in [0.717, 1.165) is 37.8 Å². The number of furan rings is 1. The van der Waals surface area contributed by atoms with Crippen molar-refractivity contribution in [2.75, 3.05) is 13.1 Å². The highest BCUT2D eigenvalue weighted by atomic mass is 16.3. The fraction of sp³-hybridized carbons (Fsp3) is 0.429. The van der Waals surface area contributed by atoms with E-state index in [1.165, 1.54) is 0 Å². The van der Waals surface area contributed by atoms with Crippen LogP contribution in [0.4, 0.5) is 0 Å². The van der Waals surface area contributed by atoms with Gasteiger partial charge in [0.1, 0.15) is 12.3 Å². The minimum Gasteiger partial charge on any atom is -0.467 e. The second-order valence-corrected chi connectivity index (χ2v) is 4.32. The van der Waals surface area contributed by atoms with Crippen molar-refractivity contribution in [3.63, 3.8) is 0 Å². The van der Waals surface area contributed by atoms with Crippen LogP contribution >= 0.6 is 0 Å². The Morgan fingerprint density at radius 3 is 3.05 bits per heavy atom. The molecule has 2 heterocycles. The number of nitrogens with zero attached hydrogens (tertiary/aromatic N) is 3. The van der Waals surface area contributed by atoms with Crippen molar-refractivity contribution in [1.82, 2.24) is 20.4 Å². The summed E-state index contributed by atoms with van der Waals surface area (Å²) in [6.45, 7) is 5.18. The largest absolute Gasteiger partial charge is 0.467 e. The number of hydrogen-bond acceptors (Lipinski definition) is 3. The zero-order valence-electron chi connectivity index (χ0n) is 11.7. The highest BCUT2D eigenvalue weighted by Crippen LogP contribution is 2.01. The van der Waals surface area contributed by atoms with Gasteiger partial charge in [0, 0.05) is 32.0 Å². The fourth-order valence-electron chi connectivity index (χ4n) is 1.78. The highest BCUT2D eigenvalue weighted by molar-refractivity contribution is 5.79. The number of aliphatic imine (C=N–C) groups is 1. The third kappa shape index (κ3) is 4.79. The van der Waals surface area contributed by atoms with Gasteiger partial charge in [-0.05, 0) is 31.5 Å². The summed E-state index contributed by atoms with van der Waals surface area (Å²) in [7, 11) is 0. The smallest absolute Gasteiger partial charge is 0.191 e. The Hall–Kier alpha value is -2.24. The molecule has 0 amide bonds. The molecule has 0 aliphatic heterocycles. The lowest BCUT2D eigenvalue weighted by Crippen LogP contribution is -2.38. The van der Waals surface area contributed by atoms with E-state index in [1.807, 2.05) is 36.0 Å². The third-order valence-corrected chi connectivity index (χ3v) is 2.73. The second kappa shape index (κ2) is 8.04. The van der Waals surface area contributed by atoms with Gasteiger partial charge in [-0.2, -0.15) is 5.10 Å². The van der Waals surface area contributed by atoms with Crippen LogP contribution < -0.4 is 10.6 Å². The molecule has 0 radical (unpaired) electrons. The molecule has 2 aromatic heterocycles. The molecular formula is C14H21N5O. The van der Waals surface area contributed by atoms with Crippen molar-refractivity contribution in [2.45, 2.75) is 26.4 Å². The average Bonchev–Trinajstić information content (AvgIpc) is 3.13. The molecule has 0 unspecified atom stereocenters. The van der Waals surface area contributed by atoms with Crippen LogP contribution in [0.25, 0.3) is 0 Å². The third-order valence-electron chi connectivity index (χ3n) is 2.73. The summed E-state index contributed by atoms with van der Waals surface area (Å²) in [6.07, 6.45) is 6.42. The van der Waals surface area contributed by atoms with E-state index >= 15 is 0 Å². The number of aromatic nitrogens is 2. The van der Waals surface area contributed by atoms with Crippen LogP contribution in [0.15, 0.2) is 46.3 Å². The van der Waals surface area contributed by atoms with Gasteiger partial charge in [0.25, 0.3) is 0 Å². The van der Waals surface area contributed by atoms with Crippen molar-refractivity contribution in [3.05, 3.63) is 42.6 Å². The predicted molar refractivity (Wildman–Crippen MR) is 78.4 cm³/mol. The number of guanidine groups is 1. The van der Waals surface area contributed by atoms with E-state index in [1.54, 1.807) is 12.5 Å². The maximum Gasteiger partial charge on any atom is 0.191 e. The van der Waals surface area contributed by atoms with E-state index in [-0.39, 0.29) is 0 Å². The Kier molecular flexibility index (Phi) is 5.70. The molecule has 20 heavy (non-hydrogen) atoms.